The van der Waals surface area contributed by atoms with E-state index >= 15 is 0 Å². The molecule has 0 rings (SSSR count). The van der Waals surface area contributed by atoms with Crippen molar-refractivity contribution in [3.63, 3.8) is 0 Å². The molecule has 0 bridgehead atoms. The van der Waals surface area contributed by atoms with Crippen LogP contribution in [-0.4, -0.2) is 81.0 Å². The van der Waals surface area contributed by atoms with Gasteiger partial charge in [-0.2, -0.15) is 0 Å². The number of rotatable bonds is 20. The monoisotopic (exact) mass is 475 g/mol. The normalized spacial score (nSPS) is 12.6. The van der Waals surface area contributed by atoms with Gasteiger partial charge < -0.3 is 43.5 Å². The van der Waals surface area contributed by atoms with Crippen molar-refractivity contribution in [3.05, 3.63) is 0 Å². The van der Waals surface area contributed by atoms with Gasteiger partial charge in [0.1, 0.15) is 19.8 Å². The van der Waals surface area contributed by atoms with Crippen molar-refractivity contribution in [2.24, 2.45) is 28.7 Å². The lowest BCUT2D eigenvalue weighted by Gasteiger charge is -2.24. The first-order chi connectivity index (χ1) is 15.8. The lowest BCUT2D eigenvalue weighted by Crippen LogP contribution is -2.47. The number of nitrogens with zero attached hydrogens (tertiary/aromatic N) is 1. The molecular weight excluding hydrogens is 430 g/mol. The number of nitrogens with one attached hydrogen (secondary N) is 1. The minimum Gasteiger partial charge on any atom is -0.448 e. The van der Waals surface area contributed by atoms with Crippen LogP contribution in [0, 0.1) is 0 Å². The Morgan fingerprint density at radius 1 is 0.788 bits per heavy atom. The van der Waals surface area contributed by atoms with E-state index in [4.69, 9.17) is 38.1 Å². The molecule has 3 amide bonds. The molecule has 0 radical (unpaired) electrons. The Morgan fingerprint density at radius 3 is 2.00 bits per heavy atom. The Balaban J connectivity index is 4.84. The average molecular weight is 476 g/mol. The Kier molecular flexibility index (Phi) is 19.1. The summed E-state index contributed by atoms with van der Waals surface area (Å²) >= 11 is 0. The lowest BCUT2D eigenvalue weighted by molar-refractivity contribution is -0.123. The van der Waals surface area contributed by atoms with Gasteiger partial charge in [-0.3, -0.25) is 9.69 Å². The lowest BCUT2D eigenvalue weighted by atomic mass is 10.1. The molecule has 0 aliphatic heterocycles. The smallest absolute Gasteiger partial charge is 0.410 e. The van der Waals surface area contributed by atoms with Crippen LogP contribution in [0.15, 0.2) is 0 Å². The molecular formula is C21H45N7O5. The number of primary amides is 1. The maximum atomic E-state index is 12.6. The molecule has 0 unspecified atom stereocenters. The Bertz CT molecular complexity index is 539. The standard InChI is InChI=1S/C21H45N7O5/c22-10-4-1-7-13-28(21(31)33-15-17(25)8-2-5-11-23)14-19(29)27-18(9-3-6-12-24)16-32-20(26)30/h17-18H,1-16,22-25H2,(H2,26,30)(H,27,29)/t17-,18+/m0/s1. The summed E-state index contributed by atoms with van der Waals surface area (Å²) in [4.78, 5) is 37.5. The number of carbonyl (C=O) groups is 3. The molecule has 2 atom stereocenters. The Hall–Kier alpha value is -2.15. The maximum Gasteiger partial charge on any atom is 0.410 e. The second kappa shape index (κ2) is 20.5. The first kappa shape index (κ1) is 30.9. The fourth-order valence-electron chi connectivity index (χ4n) is 3.12. The molecule has 12 nitrogen and oxygen atoms in total. The fraction of sp³-hybridized carbons (Fsp3) is 0.857. The summed E-state index contributed by atoms with van der Waals surface area (Å²) in [6, 6.07) is -0.714. The Morgan fingerprint density at radius 2 is 1.39 bits per heavy atom. The third-order valence-corrected chi connectivity index (χ3v) is 4.97. The van der Waals surface area contributed by atoms with Crippen LogP contribution in [-0.2, 0) is 14.3 Å². The van der Waals surface area contributed by atoms with E-state index in [9.17, 15) is 14.4 Å². The topological polar surface area (TPSA) is 215 Å². The zero-order valence-corrected chi connectivity index (χ0v) is 19.8. The third-order valence-electron chi connectivity index (χ3n) is 4.97. The van der Waals surface area contributed by atoms with Gasteiger partial charge in [-0.1, -0.05) is 19.3 Å². The molecule has 0 spiro atoms. The highest BCUT2D eigenvalue weighted by atomic mass is 16.6. The van der Waals surface area contributed by atoms with Crippen molar-refractivity contribution >= 4 is 18.1 Å². The molecule has 0 fully saturated rings. The van der Waals surface area contributed by atoms with Gasteiger partial charge in [0.05, 0.1) is 6.04 Å². The molecule has 11 N–H and O–H groups in total. The molecule has 194 valence electrons. The van der Waals surface area contributed by atoms with E-state index in [1.165, 1.54) is 4.90 Å². The molecule has 0 aliphatic rings. The van der Waals surface area contributed by atoms with Crippen LogP contribution in [0.3, 0.4) is 0 Å². The van der Waals surface area contributed by atoms with Crippen LogP contribution in [0.5, 0.6) is 0 Å². The Labute approximate surface area is 197 Å². The molecule has 0 heterocycles. The van der Waals surface area contributed by atoms with Gasteiger partial charge in [-0.25, -0.2) is 9.59 Å². The van der Waals surface area contributed by atoms with Gasteiger partial charge in [0, 0.05) is 12.6 Å². The van der Waals surface area contributed by atoms with Crippen LogP contribution >= 0.6 is 0 Å². The summed E-state index contributed by atoms with van der Waals surface area (Å²) in [6.07, 6.45) is 5.34. The minimum absolute atomic E-state index is 0.0513. The van der Waals surface area contributed by atoms with Crippen molar-refractivity contribution in [2.45, 2.75) is 69.9 Å². The van der Waals surface area contributed by atoms with Crippen LogP contribution in [0.2, 0.25) is 0 Å². The number of hydrogen-bond donors (Lipinski definition) is 6. The van der Waals surface area contributed by atoms with Crippen LogP contribution in [0.4, 0.5) is 9.59 Å². The maximum absolute atomic E-state index is 12.6. The third kappa shape index (κ3) is 18.0. The van der Waals surface area contributed by atoms with E-state index in [1.54, 1.807) is 0 Å². The number of carbonyl (C=O) groups excluding carboxylic acids is 3. The van der Waals surface area contributed by atoms with Crippen molar-refractivity contribution in [2.75, 3.05) is 45.9 Å². The van der Waals surface area contributed by atoms with Gasteiger partial charge in [0.2, 0.25) is 5.91 Å². The molecule has 0 saturated heterocycles. The van der Waals surface area contributed by atoms with Crippen molar-refractivity contribution in [1.82, 2.24) is 10.2 Å². The summed E-state index contributed by atoms with van der Waals surface area (Å²) in [5.41, 5.74) is 27.6. The number of amides is 3. The van der Waals surface area contributed by atoms with E-state index in [2.05, 4.69) is 5.32 Å². The molecule has 0 aromatic heterocycles. The predicted octanol–water partition coefficient (Wildman–Crippen LogP) is -0.281. The quantitative estimate of drug-likeness (QED) is 0.127. The van der Waals surface area contributed by atoms with E-state index in [0.717, 1.165) is 38.5 Å². The van der Waals surface area contributed by atoms with Crippen LogP contribution in [0.25, 0.3) is 0 Å². The second-order valence-electron chi connectivity index (χ2n) is 8.07. The fourth-order valence-corrected chi connectivity index (χ4v) is 3.12. The zero-order valence-electron chi connectivity index (χ0n) is 19.8. The van der Waals surface area contributed by atoms with Gasteiger partial charge in [-0.15, -0.1) is 0 Å². The van der Waals surface area contributed by atoms with Gasteiger partial charge in [-0.05, 0) is 58.2 Å². The number of unbranched alkanes of at least 4 members (excludes halogenated alkanes) is 4. The highest BCUT2D eigenvalue weighted by Crippen LogP contribution is 2.05. The van der Waals surface area contributed by atoms with Crippen LogP contribution in [0.1, 0.15) is 57.8 Å². The summed E-state index contributed by atoms with van der Waals surface area (Å²) in [7, 11) is 0. The molecule has 0 saturated carbocycles. The average Bonchev–Trinajstić information content (AvgIpc) is 2.78. The highest BCUT2D eigenvalue weighted by Gasteiger charge is 2.21. The largest absolute Gasteiger partial charge is 0.448 e. The summed E-state index contributed by atoms with van der Waals surface area (Å²) in [5.74, 6) is -0.385. The zero-order chi connectivity index (χ0) is 24.9. The van der Waals surface area contributed by atoms with Crippen molar-refractivity contribution in [1.29, 1.82) is 0 Å². The molecule has 0 aromatic rings. The van der Waals surface area contributed by atoms with E-state index in [0.29, 0.717) is 45.4 Å². The van der Waals surface area contributed by atoms with Crippen molar-refractivity contribution < 1.29 is 23.9 Å². The van der Waals surface area contributed by atoms with E-state index in [1.807, 2.05) is 0 Å². The highest BCUT2D eigenvalue weighted by molar-refractivity contribution is 5.82. The first-order valence-corrected chi connectivity index (χ1v) is 11.8. The van der Waals surface area contributed by atoms with E-state index in [-0.39, 0.29) is 31.7 Å². The second-order valence-corrected chi connectivity index (χ2v) is 8.07. The van der Waals surface area contributed by atoms with Gasteiger partial charge in [0.15, 0.2) is 0 Å². The van der Waals surface area contributed by atoms with E-state index < -0.39 is 18.2 Å². The van der Waals surface area contributed by atoms with Gasteiger partial charge in [0.25, 0.3) is 0 Å². The minimum atomic E-state index is -0.916. The predicted molar refractivity (Wildman–Crippen MR) is 127 cm³/mol. The molecule has 12 heteroatoms. The van der Waals surface area contributed by atoms with Crippen molar-refractivity contribution in [3.8, 4) is 0 Å². The molecule has 0 aliphatic carbocycles. The summed E-state index contributed by atoms with van der Waals surface area (Å²) in [6.45, 7) is 1.86. The SMILES string of the molecule is NCCCCCN(CC(=O)N[C@H](CCCCN)COC(N)=O)C(=O)OC[C@@H](N)CCCCN. The number of hydrogen-bond acceptors (Lipinski definition) is 9. The summed E-state index contributed by atoms with van der Waals surface area (Å²) < 4.78 is 10.2. The number of nitrogens with two attached hydrogens (primary N) is 5. The summed E-state index contributed by atoms with van der Waals surface area (Å²) in [5, 5.41) is 2.80. The van der Waals surface area contributed by atoms with Gasteiger partial charge >= 0.3 is 12.2 Å². The van der Waals surface area contributed by atoms with Crippen LogP contribution < -0.4 is 34.0 Å². The number of ether oxygens (including phenoxy) is 2. The first-order valence-electron chi connectivity index (χ1n) is 11.8. The molecule has 0 aromatic carbocycles. The molecule has 33 heavy (non-hydrogen) atoms.